The Hall–Kier alpha value is -1.18. The number of aromatic nitrogens is 1. The van der Waals surface area contributed by atoms with Gasteiger partial charge in [-0.15, -0.1) is 0 Å². The van der Waals surface area contributed by atoms with E-state index in [1.165, 1.54) is 11.1 Å². The fourth-order valence-corrected chi connectivity index (χ4v) is 1.16. The van der Waals surface area contributed by atoms with Crippen LogP contribution in [0.25, 0.3) is 0 Å². The lowest BCUT2D eigenvalue weighted by molar-refractivity contribution is -0.107. The van der Waals surface area contributed by atoms with Gasteiger partial charge in [0.1, 0.15) is 6.29 Å². The number of nitrogens with zero attached hydrogens (tertiary/aromatic N) is 1. The number of carbonyl (C=O) groups is 1. The van der Waals surface area contributed by atoms with Gasteiger partial charge in [-0.05, 0) is 37.0 Å². The van der Waals surface area contributed by atoms with Crippen molar-refractivity contribution in [2.45, 2.75) is 26.2 Å². The zero-order chi connectivity index (χ0) is 8.81. The molecule has 0 unspecified atom stereocenters. The Balaban J connectivity index is 2.51. The van der Waals surface area contributed by atoms with Crippen molar-refractivity contribution in [1.82, 2.24) is 4.98 Å². The first-order valence-electron chi connectivity index (χ1n) is 4.17. The van der Waals surface area contributed by atoms with Crippen LogP contribution in [0.15, 0.2) is 18.5 Å². The van der Waals surface area contributed by atoms with E-state index in [1.54, 1.807) is 6.20 Å². The highest BCUT2D eigenvalue weighted by Crippen LogP contribution is 2.08. The summed E-state index contributed by atoms with van der Waals surface area (Å²) in [5, 5.41) is 0. The number of pyridine rings is 1. The normalized spacial score (nSPS) is 9.75. The molecule has 1 rings (SSSR count). The van der Waals surface area contributed by atoms with Crippen molar-refractivity contribution in [2.24, 2.45) is 0 Å². The maximum Gasteiger partial charge on any atom is 0.120 e. The highest BCUT2D eigenvalue weighted by Gasteiger charge is 1.96. The lowest BCUT2D eigenvalue weighted by atomic mass is 10.1. The monoisotopic (exact) mass is 163 g/mol. The zero-order valence-corrected chi connectivity index (χ0v) is 7.29. The Labute approximate surface area is 72.6 Å². The summed E-state index contributed by atoms with van der Waals surface area (Å²) < 4.78 is 0. The topological polar surface area (TPSA) is 30.0 Å². The second kappa shape index (κ2) is 4.65. The van der Waals surface area contributed by atoms with Crippen molar-refractivity contribution in [3.8, 4) is 0 Å². The van der Waals surface area contributed by atoms with Crippen LogP contribution in [0.5, 0.6) is 0 Å². The van der Waals surface area contributed by atoms with Gasteiger partial charge in [0.05, 0.1) is 0 Å². The second-order valence-corrected chi connectivity index (χ2v) is 2.86. The van der Waals surface area contributed by atoms with E-state index in [1.807, 2.05) is 19.2 Å². The first kappa shape index (κ1) is 8.91. The minimum Gasteiger partial charge on any atom is -0.303 e. The third-order valence-corrected chi connectivity index (χ3v) is 1.90. The predicted molar refractivity (Wildman–Crippen MR) is 48.0 cm³/mol. The molecule has 0 atom stereocenters. The highest BCUT2D eigenvalue weighted by molar-refractivity contribution is 5.49. The maximum absolute atomic E-state index is 10.1. The van der Waals surface area contributed by atoms with E-state index < -0.39 is 0 Å². The molecule has 0 radical (unpaired) electrons. The standard InChI is InChI=1S/C10H13NO/c1-9-8-11-6-5-10(9)4-2-3-7-12/h5-8H,2-4H2,1H3. The summed E-state index contributed by atoms with van der Waals surface area (Å²) in [6, 6.07) is 2.01. The van der Waals surface area contributed by atoms with E-state index in [0.29, 0.717) is 6.42 Å². The molecule has 0 aliphatic heterocycles. The Bertz CT molecular complexity index is 258. The highest BCUT2D eigenvalue weighted by atomic mass is 16.1. The Kier molecular flexibility index (Phi) is 3.45. The van der Waals surface area contributed by atoms with Crippen molar-refractivity contribution in [3.05, 3.63) is 29.6 Å². The molecule has 0 saturated carbocycles. The fourth-order valence-electron chi connectivity index (χ4n) is 1.16. The molecular formula is C10H13NO. The molecule has 1 aromatic heterocycles. The number of hydrogen-bond donors (Lipinski definition) is 0. The quantitative estimate of drug-likeness (QED) is 0.501. The predicted octanol–water partition coefficient (Wildman–Crippen LogP) is 1.91. The van der Waals surface area contributed by atoms with Crippen LogP contribution < -0.4 is 0 Å². The summed E-state index contributed by atoms with van der Waals surface area (Å²) in [7, 11) is 0. The van der Waals surface area contributed by atoms with Gasteiger partial charge in [-0.3, -0.25) is 4.98 Å². The van der Waals surface area contributed by atoms with E-state index in [0.717, 1.165) is 19.1 Å². The third-order valence-electron chi connectivity index (χ3n) is 1.90. The molecule has 0 fully saturated rings. The van der Waals surface area contributed by atoms with Crippen LogP contribution in [0, 0.1) is 6.92 Å². The van der Waals surface area contributed by atoms with Crippen molar-refractivity contribution in [3.63, 3.8) is 0 Å². The average Bonchev–Trinajstić information content (AvgIpc) is 2.09. The number of aryl methyl sites for hydroxylation is 2. The number of hydrogen-bond acceptors (Lipinski definition) is 2. The summed E-state index contributed by atoms with van der Waals surface area (Å²) in [6.45, 7) is 2.04. The summed E-state index contributed by atoms with van der Waals surface area (Å²) in [5.74, 6) is 0. The third kappa shape index (κ3) is 2.46. The molecule has 0 aliphatic rings. The molecule has 0 aliphatic carbocycles. The molecule has 1 heterocycles. The van der Waals surface area contributed by atoms with E-state index in [2.05, 4.69) is 4.98 Å². The molecule has 12 heavy (non-hydrogen) atoms. The first-order chi connectivity index (χ1) is 5.84. The minimum atomic E-state index is 0.655. The van der Waals surface area contributed by atoms with Crippen LogP contribution in [-0.4, -0.2) is 11.3 Å². The van der Waals surface area contributed by atoms with Crippen LogP contribution in [0.4, 0.5) is 0 Å². The molecule has 1 aromatic rings. The maximum atomic E-state index is 10.1. The van der Waals surface area contributed by atoms with Crippen molar-refractivity contribution in [1.29, 1.82) is 0 Å². The molecular weight excluding hydrogens is 150 g/mol. The van der Waals surface area contributed by atoms with Gasteiger partial charge in [0.15, 0.2) is 0 Å². The lowest BCUT2D eigenvalue weighted by Gasteiger charge is -2.01. The van der Waals surface area contributed by atoms with Gasteiger partial charge < -0.3 is 4.79 Å². The van der Waals surface area contributed by atoms with Gasteiger partial charge in [0, 0.05) is 18.8 Å². The molecule has 0 amide bonds. The summed E-state index contributed by atoms with van der Waals surface area (Å²) in [6.07, 6.45) is 7.19. The largest absolute Gasteiger partial charge is 0.303 e. The van der Waals surface area contributed by atoms with Crippen molar-refractivity contribution in [2.75, 3.05) is 0 Å². The Morgan fingerprint density at radius 3 is 3.08 bits per heavy atom. The van der Waals surface area contributed by atoms with E-state index in [9.17, 15) is 4.79 Å². The average molecular weight is 163 g/mol. The smallest absolute Gasteiger partial charge is 0.120 e. The van der Waals surface area contributed by atoms with Crippen LogP contribution in [0.3, 0.4) is 0 Å². The Morgan fingerprint density at radius 1 is 1.58 bits per heavy atom. The molecule has 0 aromatic carbocycles. The zero-order valence-electron chi connectivity index (χ0n) is 7.29. The van der Waals surface area contributed by atoms with Gasteiger partial charge in [0.2, 0.25) is 0 Å². The Morgan fingerprint density at radius 2 is 2.42 bits per heavy atom. The first-order valence-corrected chi connectivity index (χ1v) is 4.17. The SMILES string of the molecule is Cc1cnccc1CCCC=O. The molecule has 0 N–H and O–H groups in total. The van der Waals surface area contributed by atoms with Crippen LogP contribution in [0.2, 0.25) is 0 Å². The molecule has 0 saturated heterocycles. The summed E-state index contributed by atoms with van der Waals surface area (Å²) in [5.41, 5.74) is 2.51. The minimum absolute atomic E-state index is 0.655. The van der Waals surface area contributed by atoms with Gasteiger partial charge >= 0.3 is 0 Å². The molecule has 0 spiro atoms. The van der Waals surface area contributed by atoms with E-state index in [4.69, 9.17) is 0 Å². The van der Waals surface area contributed by atoms with Crippen LogP contribution >= 0.6 is 0 Å². The summed E-state index contributed by atoms with van der Waals surface area (Å²) >= 11 is 0. The van der Waals surface area contributed by atoms with Crippen molar-refractivity contribution >= 4 is 6.29 Å². The van der Waals surface area contributed by atoms with E-state index >= 15 is 0 Å². The van der Waals surface area contributed by atoms with Gasteiger partial charge in [-0.1, -0.05) is 0 Å². The number of carbonyl (C=O) groups excluding carboxylic acids is 1. The lowest BCUT2D eigenvalue weighted by Crippen LogP contribution is -1.90. The van der Waals surface area contributed by atoms with Gasteiger partial charge in [-0.25, -0.2) is 0 Å². The van der Waals surface area contributed by atoms with Gasteiger partial charge in [0.25, 0.3) is 0 Å². The van der Waals surface area contributed by atoms with Crippen LogP contribution in [-0.2, 0) is 11.2 Å². The van der Waals surface area contributed by atoms with E-state index in [-0.39, 0.29) is 0 Å². The number of rotatable bonds is 4. The molecule has 0 bridgehead atoms. The van der Waals surface area contributed by atoms with Crippen molar-refractivity contribution < 1.29 is 4.79 Å². The fraction of sp³-hybridized carbons (Fsp3) is 0.400. The summed E-state index contributed by atoms with van der Waals surface area (Å²) in [4.78, 5) is 14.1. The second-order valence-electron chi connectivity index (χ2n) is 2.86. The molecule has 64 valence electrons. The number of aldehydes is 1. The van der Waals surface area contributed by atoms with Crippen LogP contribution in [0.1, 0.15) is 24.0 Å². The number of unbranched alkanes of at least 4 members (excludes halogenated alkanes) is 1. The molecule has 2 nitrogen and oxygen atoms in total. The molecule has 2 heteroatoms. The van der Waals surface area contributed by atoms with Gasteiger partial charge in [-0.2, -0.15) is 0 Å².